The number of aliphatic hydroxyl groups excluding tert-OH is 1. The fourth-order valence-corrected chi connectivity index (χ4v) is 5.43. The normalized spacial score (nSPS) is 14.0. The molecule has 0 aliphatic rings. The van der Waals surface area contributed by atoms with Crippen molar-refractivity contribution in [1.29, 1.82) is 0 Å². The van der Waals surface area contributed by atoms with Crippen molar-refractivity contribution in [3.05, 3.63) is 131 Å². The van der Waals surface area contributed by atoms with Crippen LogP contribution in [-0.2, 0) is 16.4 Å². The molecular formula is C35H41N5O5S. The Morgan fingerprint density at radius 1 is 0.826 bits per heavy atom. The fraction of sp³-hybridized carbons (Fsp3) is 0.286. The number of carbonyl (C=O) groups excluding carboxylic acids is 2. The number of sulfonamides is 1. The van der Waals surface area contributed by atoms with Gasteiger partial charge in [0.2, 0.25) is 10.0 Å². The van der Waals surface area contributed by atoms with Gasteiger partial charge in [-0.25, -0.2) is 8.42 Å². The summed E-state index contributed by atoms with van der Waals surface area (Å²) in [7, 11) is -2.35. The van der Waals surface area contributed by atoms with Gasteiger partial charge in [0, 0.05) is 43.2 Å². The van der Waals surface area contributed by atoms with Crippen molar-refractivity contribution in [1.82, 2.24) is 20.9 Å². The van der Waals surface area contributed by atoms with Crippen LogP contribution in [0.5, 0.6) is 0 Å². The molecule has 0 spiro atoms. The second kappa shape index (κ2) is 15.6. The molecule has 0 radical (unpaired) electrons. The molecule has 10 nitrogen and oxygen atoms in total. The van der Waals surface area contributed by atoms with Crippen LogP contribution in [0.4, 0.5) is 5.69 Å². The molecule has 4 atom stereocenters. The highest BCUT2D eigenvalue weighted by atomic mass is 32.2. The van der Waals surface area contributed by atoms with Crippen LogP contribution in [-0.4, -0.2) is 62.3 Å². The molecule has 46 heavy (non-hydrogen) atoms. The molecule has 0 bridgehead atoms. The Labute approximate surface area is 270 Å². The predicted molar refractivity (Wildman–Crippen MR) is 180 cm³/mol. The van der Waals surface area contributed by atoms with Crippen LogP contribution in [0, 0.1) is 0 Å². The standard InChI is InChI=1S/C35H41N5O5S/c1-24(28-16-11-17-36-22-28)37-23-33(41)32(18-26-12-7-5-8-13-26)39-35(43)30-19-29(20-31(21-30)40(3)46(4,44)45)34(42)38-25(2)27-14-9-6-10-15-27/h5-17,19-22,24-25,32-33,37,41H,18,23H2,1-4H3,(H,38,42)(H,39,43)/t24-,25+,32-,33+/m0/s1. The van der Waals surface area contributed by atoms with Crippen LogP contribution < -0.4 is 20.3 Å². The zero-order chi connectivity index (χ0) is 33.3. The summed E-state index contributed by atoms with van der Waals surface area (Å²) in [6.45, 7) is 3.98. The minimum absolute atomic E-state index is 0.0764. The van der Waals surface area contributed by atoms with Gasteiger partial charge in [-0.3, -0.25) is 18.9 Å². The number of anilines is 1. The minimum atomic E-state index is -3.71. The first-order valence-electron chi connectivity index (χ1n) is 15.0. The smallest absolute Gasteiger partial charge is 0.251 e. The Kier molecular flexibility index (Phi) is 11.6. The van der Waals surface area contributed by atoms with Gasteiger partial charge in [-0.05, 0) is 61.2 Å². The summed E-state index contributed by atoms with van der Waals surface area (Å²) in [5.74, 6) is -1.03. The zero-order valence-electron chi connectivity index (χ0n) is 26.4. The van der Waals surface area contributed by atoms with E-state index in [4.69, 9.17) is 0 Å². The fourth-order valence-electron chi connectivity index (χ4n) is 4.94. The summed E-state index contributed by atoms with van der Waals surface area (Å²) in [5, 5.41) is 20.5. The van der Waals surface area contributed by atoms with E-state index in [1.165, 1.54) is 25.2 Å². The van der Waals surface area contributed by atoms with E-state index in [0.717, 1.165) is 27.3 Å². The average molecular weight is 644 g/mol. The maximum Gasteiger partial charge on any atom is 0.251 e. The lowest BCUT2D eigenvalue weighted by Gasteiger charge is -2.27. The van der Waals surface area contributed by atoms with E-state index in [0.29, 0.717) is 6.42 Å². The van der Waals surface area contributed by atoms with Crippen molar-refractivity contribution in [2.75, 3.05) is 24.2 Å². The van der Waals surface area contributed by atoms with Gasteiger partial charge in [-0.2, -0.15) is 0 Å². The number of aromatic nitrogens is 1. The lowest BCUT2D eigenvalue weighted by atomic mass is 9.99. The third-order valence-electron chi connectivity index (χ3n) is 7.85. The Hall–Kier alpha value is -4.58. The highest BCUT2D eigenvalue weighted by molar-refractivity contribution is 7.92. The van der Waals surface area contributed by atoms with Gasteiger partial charge in [0.15, 0.2) is 0 Å². The van der Waals surface area contributed by atoms with E-state index in [-0.39, 0.29) is 35.4 Å². The summed E-state index contributed by atoms with van der Waals surface area (Å²) in [4.78, 5) is 31.4. The molecule has 1 heterocycles. The second-order valence-corrected chi connectivity index (χ2v) is 13.4. The summed E-state index contributed by atoms with van der Waals surface area (Å²) >= 11 is 0. The van der Waals surface area contributed by atoms with Crippen molar-refractivity contribution >= 4 is 27.5 Å². The van der Waals surface area contributed by atoms with E-state index >= 15 is 0 Å². The van der Waals surface area contributed by atoms with Gasteiger partial charge < -0.3 is 21.1 Å². The number of carbonyl (C=O) groups is 2. The first-order chi connectivity index (χ1) is 21.9. The van der Waals surface area contributed by atoms with Crippen molar-refractivity contribution < 1.29 is 23.1 Å². The number of benzene rings is 3. The number of hydrogen-bond donors (Lipinski definition) is 4. The number of pyridine rings is 1. The summed E-state index contributed by atoms with van der Waals surface area (Å²) in [6, 6.07) is 25.8. The molecule has 3 aromatic carbocycles. The van der Waals surface area contributed by atoms with E-state index in [1.807, 2.05) is 86.6 Å². The van der Waals surface area contributed by atoms with Crippen LogP contribution in [0.1, 0.15) is 63.3 Å². The lowest BCUT2D eigenvalue weighted by molar-refractivity contribution is 0.0825. The van der Waals surface area contributed by atoms with Crippen molar-refractivity contribution in [2.24, 2.45) is 0 Å². The van der Waals surface area contributed by atoms with E-state index in [1.54, 1.807) is 12.4 Å². The van der Waals surface area contributed by atoms with Crippen molar-refractivity contribution in [3.8, 4) is 0 Å². The monoisotopic (exact) mass is 643 g/mol. The van der Waals surface area contributed by atoms with Crippen LogP contribution in [0.15, 0.2) is 103 Å². The van der Waals surface area contributed by atoms with Crippen molar-refractivity contribution in [3.63, 3.8) is 0 Å². The molecule has 11 heteroatoms. The number of aliphatic hydroxyl groups is 1. The molecule has 242 valence electrons. The Morgan fingerprint density at radius 2 is 1.41 bits per heavy atom. The van der Waals surface area contributed by atoms with Gasteiger partial charge in [0.1, 0.15) is 0 Å². The molecule has 4 N–H and O–H groups in total. The highest BCUT2D eigenvalue weighted by Gasteiger charge is 2.25. The third kappa shape index (κ3) is 9.46. The lowest BCUT2D eigenvalue weighted by Crippen LogP contribution is -2.49. The topological polar surface area (TPSA) is 141 Å². The minimum Gasteiger partial charge on any atom is -0.390 e. The zero-order valence-corrected chi connectivity index (χ0v) is 27.2. The molecule has 0 saturated carbocycles. The van der Waals surface area contributed by atoms with Gasteiger partial charge in [-0.15, -0.1) is 0 Å². The van der Waals surface area contributed by atoms with Gasteiger partial charge in [0.05, 0.1) is 30.1 Å². The number of hydrogen-bond acceptors (Lipinski definition) is 7. The highest BCUT2D eigenvalue weighted by Crippen LogP contribution is 2.22. The molecule has 0 saturated heterocycles. The first kappa shape index (κ1) is 34.3. The quantitative estimate of drug-likeness (QED) is 0.163. The Balaban J connectivity index is 1.60. The third-order valence-corrected chi connectivity index (χ3v) is 9.05. The first-order valence-corrected chi connectivity index (χ1v) is 16.9. The number of nitrogens with zero attached hydrogens (tertiary/aromatic N) is 2. The molecule has 2 amide bonds. The molecule has 0 aliphatic heterocycles. The van der Waals surface area contributed by atoms with E-state index in [2.05, 4.69) is 20.9 Å². The van der Waals surface area contributed by atoms with Crippen LogP contribution >= 0.6 is 0 Å². The van der Waals surface area contributed by atoms with Gasteiger partial charge in [-0.1, -0.05) is 66.7 Å². The second-order valence-electron chi connectivity index (χ2n) is 11.4. The van der Waals surface area contributed by atoms with E-state index in [9.17, 15) is 23.1 Å². The molecule has 1 aromatic heterocycles. The van der Waals surface area contributed by atoms with Crippen molar-refractivity contribution in [2.45, 2.75) is 44.5 Å². The summed E-state index contributed by atoms with van der Waals surface area (Å²) < 4.78 is 25.9. The largest absolute Gasteiger partial charge is 0.390 e. The van der Waals surface area contributed by atoms with Crippen LogP contribution in [0.25, 0.3) is 0 Å². The summed E-state index contributed by atoms with van der Waals surface area (Å²) in [5.41, 5.74) is 3.10. The Bertz CT molecular complexity index is 1710. The molecule has 4 rings (SSSR count). The predicted octanol–water partition coefficient (Wildman–Crippen LogP) is 4.02. The molecule has 0 fully saturated rings. The molecular weight excluding hydrogens is 602 g/mol. The number of nitrogens with one attached hydrogen (secondary N) is 3. The molecule has 4 aromatic rings. The average Bonchev–Trinajstić information content (AvgIpc) is 3.06. The SMILES string of the molecule is C[C@H](NC[C@@H](O)[C@H](Cc1ccccc1)NC(=O)c1cc(C(=O)N[C@H](C)c2ccccc2)cc(N(C)S(C)(=O)=O)c1)c1cccnc1. The maximum absolute atomic E-state index is 13.8. The number of amides is 2. The van der Waals surface area contributed by atoms with Crippen LogP contribution in [0.3, 0.4) is 0 Å². The van der Waals surface area contributed by atoms with Gasteiger partial charge in [0.25, 0.3) is 11.8 Å². The van der Waals surface area contributed by atoms with Gasteiger partial charge >= 0.3 is 0 Å². The van der Waals surface area contributed by atoms with E-state index < -0.39 is 34.0 Å². The Morgan fingerprint density at radius 3 is 2.00 bits per heavy atom. The maximum atomic E-state index is 13.8. The summed E-state index contributed by atoms with van der Waals surface area (Å²) in [6.07, 6.45) is 3.84. The molecule has 0 unspecified atom stereocenters. The number of rotatable bonds is 14. The molecule has 0 aliphatic carbocycles. The van der Waals surface area contributed by atoms with Crippen LogP contribution in [0.2, 0.25) is 0 Å².